The molecule has 29 heavy (non-hydrogen) atoms. The molecule has 2 aromatic rings. The molecule has 3 rings (SSSR count). The highest BCUT2D eigenvalue weighted by Gasteiger charge is 2.15. The normalized spacial score (nSPS) is 14.5. The summed E-state index contributed by atoms with van der Waals surface area (Å²) in [4.78, 5) is 34.2. The van der Waals surface area contributed by atoms with E-state index in [0.717, 1.165) is 25.4 Å². The first kappa shape index (κ1) is 21.2. The molecule has 2 heterocycles. The van der Waals surface area contributed by atoms with Crippen molar-refractivity contribution in [2.45, 2.75) is 31.3 Å². The molecular weight excluding hydrogens is 390 g/mol. The summed E-state index contributed by atoms with van der Waals surface area (Å²) < 4.78 is 5.36. The summed E-state index contributed by atoms with van der Waals surface area (Å²) >= 11 is 1.46. The fraction of sp³-hybridized carbons (Fsp3) is 0.450. The van der Waals surface area contributed by atoms with Crippen LogP contribution in [0.1, 0.15) is 36.5 Å². The Hall–Kier alpha value is -2.52. The summed E-state index contributed by atoms with van der Waals surface area (Å²) in [6.45, 7) is 5.64. The van der Waals surface area contributed by atoms with E-state index in [4.69, 9.17) is 10.5 Å². The molecule has 1 aliphatic heterocycles. The lowest BCUT2D eigenvalue weighted by molar-refractivity contribution is 0.102. The van der Waals surface area contributed by atoms with E-state index in [1.165, 1.54) is 31.0 Å². The van der Waals surface area contributed by atoms with Crippen LogP contribution in [-0.2, 0) is 0 Å². The Morgan fingerprint density at radius 1 is 1.28 bits per heavy atom. The van der Waals surface area contributed by atoms with E-state index < -0.39 is 11.5 Å². The van der Waals surface area contributed by atoms with Crippen molar-refractivity contribution in [3.63, 3.8) is 0 Å². The number of carbonyl (C=O) groups excluding carboxylic acids is 1. The van der Waals surface area contributed by atoms with E-state index in [-0.39, 0.29) is 11.5 Å². The predicted octanol–water partition coefficient (Wildman–Crippen LogP) is 2.58. The number of nitrogens with zero attached hydrogens (tertiary/aromatic N) is 2. The van der Waals surface area contributed by atoms with Gasteiger partial charge in [-0.3, -0.25) is 14.6 Å². The van der Waals surface area contributed by atoms with Gasteiger partial charge >= 0.3 is 0 Å². The van der Waals surface area contributed by atoms with Crippen molar-refractivity contribution in [2.24, 2.45) is 0 Å². The number of anilines is 2. The van der Waals surface area contributed by atoms with Crippen molar-refractivity contribution in [2.75, 3.05) is 43.0 Å². The third-order valence-electron chi connectivity index (χ3n) is 4.69. The number of thioether (sulfide) groups is 1. The van der Waals surface area contributed by atoms with Gasteiger partial charge in [0.25, 0.3) is 11.5 Å². The van der Waals surface area contributed by atoms with Gasteiger partial charge in [0.1, 0.15) is 11.4 Å². The molecule has 1 fully saturated rings. The van der Waals surface area contributed by atoms with Crippen LogP contribution in [-0.4, -0.2) is 52.8 Å². The summed E-state index contributed by atoms with van der Waals surface area (Å²) in [6, 6.07) is 6.66. The fourth-order valence-electron chi connectivity index (χ4n) is 3.17. The summed E-state index contributed by atoms with van der Waals surface area (Å²) in [5, 5.41) is 3.01. The molecule has 156 valence electrons. The van der Waals surface area contributed by atoms with Crippen LogP contribution in [0.15, 0.2) is 34.2 Å². The van der Waals surface area contributed by atoms with Gasteiger partial charge in [-0.2, -0.15) is 0 Å². The highest BCUT2D eigenvalue weighted by atomic mass is 32.2. The lowest BCUT2D eigenvalue weighted by Crippen LogP contribution is -2.31. The van der Waals surface area contributed by atoms with Crippen LogP contribution in [0.25, 0.3) is 0 Å². The zero-order valence-electron chi connectivity index (χ0n) is 16.6. The van der Waals surface area contributed by atoms with Crippen molar-refractivity contribution in [3.05, 3.63) is 40.2 Å². The number of aromatic nitrogens is 2. The third kappa shape index (κ3) is 5.98. The number of benzene rings is 1. The summed E-state index contributed by atoms with van der Waals surface area (Å²) in [7, 11) is 0. The van der Waals surface area contributed by atoms with Gasteiger partial charge in [0.15, 0.2) is 11.0 Å². The molecule has 1 aliphatic rings. The molecule has 0 bridgehead atoms. The lowest BCUT2D eigenvalue weighted by Gasteiger charge is -2.25. The summed E-state index contributed by atoms with van der Waals surface area (Å²) in [5.41, 5.74) is 5.83. The van der Waals surface area contributed by atoms with Crippen LogP contribution in [0.3, 0.4) is 0 Å². The first-order chi connectivity index (χ1) is 14.1. The zero-order valence-corrected chi connectivity index (χ0v) is 17.4. The second kappa shape index (κ2) is 10.3. The quantitative estimate of drug-likeness (QED) is 0.447. The highest BCUT2D eigenvalue weighted by Crippen LogP contribution is 2.19. The van der Waals surface area contributed by atoms with Gasteiger partial charge in [0.2, 0.25) is 0 Å². The van der Waals surface area contributed by atoms with Crippen LogP contribution in [0.2, 0.25) is 0 Å². The molecule has 4 N–H and O–H groups in total. The molecule has 1 aromatic carbocycles. The van der Waals surface area contributed by atoms with E-state index in [0.29, 0.717) is 23.1 Å². The van der Waals surface area contributed by atoms with Crippen LogP contribution in [0.4, 0.5) is 11.5 Å². The molecule has 0 saturated carbocycles. The smallest absolute Gasteiger partial charge is 0.277 e. The van der Waals surface area contributed by atoms with Crippen molar-refractivity contribution in [1.29, 1.82) is 0 Å². The average Bonchev–Trinajstić information content (AvgIpc) is 2.72. The van der Waals surface area contributed by atoms with Gasteiger partial charge in [-0.25, -0.2) is 4.98 Å². The number of carbonyl (C=O) groups is 1. The standard InChI is InChI=1S/C20H27N5O3S/c1-2-28-15-8-6-14(7-9-15)18(26)22-16-17(21)23-20(24-19(16)27)29-13-12-25-10-4-3-5-11-25/h6-9H,2-5,10-13H2,1H3,(H,22,26)(H3,21,23,24,27). The molecule has 8 nitrogen and oxygen atoms in total. The van der Waals surface area contributed by atoms with Crippen molar-refractivity contribution in [3.8, 4) is 5.75 Å². The Bertz CT molecular complexity index is 879. The number of piperidine rings is 1. The molecule has 1 saturated heterocycles. The lowest BCUT2D eigenvalue weighted by atomic mass is 10.1. The molecule has 0 atom stereocenters. The summed E-state index contributed by atoms with van der Waals surface area (Å²) in [6.07, 6.45) is 3.80. The molecule has 9 heteroatoms. The Morgan fingerprint density at radius 3 is 2.66 bits per heavy atom. The largest absolute Gasteiger partial charge is 0.494 e. The predicted molar refractivity (Wildman–Crippen MR) is 116 cm³/mol. The monoisotopic (exact) mass is 417 g/mol. The second-order valence-corrected chi connectivity index (χ2v) is 7.88. The minimum absolute atomic E-state index is 0.00788. The van der Waals surface area contributed by atoms with E-state index in [1.54, 1.807) is 24.3 Å². The first-order valence-corrected chi connectivity index (χ1v) is 10.8. The Balaban J connectivity index is 1.59. The fourth-order valence-corrected chi connectivity index (χ4v) is 4.04. The second-order valence-electron chi connectivity index (χ2n) is 6.79. The number of nitrogen functional groups attached to an aromatic ring is 1. The number of likely N-dealkylation sites (tertiary alicyclic amines) is 1. The SMILES string of the molecule is CCOc1ccc(C(=O)Nc2c(N)nc(SCCN3CCCCC3)[nH]c2=O)cc1. The Morgan fingerprint density at radius 2 is 2.00 bits per heavy atom. The molecule has 0 unspecified atom stereocenters. The van der Waals surface area contributed by atoms with Gasteiger partial charge in [0, 0.05) is 17.9 Å². The van der Waals surface area contributed by atoms with E-state index in [9.17, 15) is 9.59 Å². The maximum absolute atomic E-state index is 12.4. The average molecular weight is 418 g/mol. The van der Waals surface area contributed by atoms with Gasteiger partial charge < -0.3 is 20.7 Å². The molecular formula is C20H27N5O3S. The number of hydrogen-bond donors (Lipinski definition) is 3. The highest BCUT2D eigenvalue weighted by molar-refractivity contribution is 7.99. The molecule has 1 amide bonds. The van der Waals surface area contributed by atoms with Gasteiger partial charge in [-0.15, -0.1) is 0 Å². The maximum Gasteiger partial charge on any atom is 0.277 e. The number of amides is 1. The van der Waals surface area contributed by atoms with E-state index in [2.05, 4.69) is 20.2 Å². The molecule has 0 spiro atoms. The van der Waals surface area contributed by atoms with Crippen molar-refractivity contribution in [1.82, 2.24) is 14.9 Å². The number of H-pyrrole nitrogens is 1. The number of nitrogens with two attached hydrogens (primary N) is 1. The zero-order chi connectivity index (χ0) is 20.6. The number of nitrogens with one attached hydrogen (secondary N) is 2. The number of hydrogen-bond acceptors (Lipinski definition) is 7. The van der Waals surface area contributed by atoms with E-state index >= 15 is 0 Å². The first-order valence-electron chi connectivity index (χ1n) is 9.86. The summed E-state index contributed by atoms with van der Waals surface area (Å²) in [5.74, 6) is 1.07. The van der Waals surface area contributed by atoms with Crippen molar-refractivity contribution >= 4 is 29.2 Å². The van der Waals surface area contributed by atoms with Crippen LogP contribution in [0, 0.1) is 0 Å². The minimum Gasteiger partial charge on any atom is -0.494 e. The van der Waals surface area contributed by atoms with Crippen LogP contribution in [0.5, 0.6) is 5.75 Å². The Kier molecular flexibility index (Phi) is 7.54. The van der Waals surface area contributed by atoms with Crippen molar-refractivity contribution < 1.29 is 9.53 Å². The third-order valence-corrected chi connectivity index (χ3v) is 5.54. The van der Waals surface area contributed by atoms with Gasteiger partial charge in [-0.1, -0.05) is 18.2 Å². The number of ether oxygens (including phenoxy) is 1. The van der Waals surface area contributed by atoms with Crippen LogP contribution >= 0.6 is 11.8 Å². The maximum atomic E-state index is 12.4. The van der Waals surface area contributed by atoms with Gasteiger partial charge in [-0.05, 0) is 57.1 Å². The van der Waals surface area contributed by atoms with Crippen LogP contribution < -0.4 is 21.3 Å². The molecule has 1 aromatic heterocycles. The Labute approximate surface area is 174 Å². The topological polar surface area (TPSA) is 113 Å². The van der Waals surface area contributed by atoms with E-state index in [1.807, 2.05) is 6.92 Å². The minimum atomic E-state index is -0.461. The number of rotatable bonds is 8. The van der Waals surface area contributed by atoms with Gasteiger partial charge in [0.05, 0.1) is 6.61 Å². The molecule has 0 radical (unpaired) electrons. The number of aromatic amines is 1. The molecule has 0 aliphatic carbocycles.